The second-order valence-corrected chi connectivity index (χ2v) is 9.45. The van der Waals surface area contributed by atoms with Gasteiger partial charge >= 0.3 is 5.69 Å². The van der Waals surface area contributed by atoms with Gasteiger partial charge in [0.05, 0.1) is 22.3 Å². The Hall–Kier alpha value is -2.96. The van der Waals surface area contributed by atoms with Crippen LogP contribution in [-0.4, -0.2) is 39.9 Å². The topological polar surface area (TPSA) is 137 Å². The van der Waals surface area contributed by atoms with E-state index in [1.807, 2.05) is 4.98 Å². The van der Waals surface area contributed by atoms with Crippen LogP contribution in [0.2, 0.25) is 10.0 Å². The van der Waals surface area contributed by atoms with Crippen molar-refractivity contribution in [2.24, 2.45) is 16.9 Å². The molecule has 1 aromatic heterocycles. The molecule has 14 heteroatoms. The van der Waals surface area contributed by atoms with Crippen molar-refractivity contribution < 1.29 is 18.3 Å². The summed E-state index contributed by atoms with van der Waals surface area (Å²) in [5.41, 5.74) is 8.43. The number of benzene rings is 1. The van der Waals surface area contributed by atoms with Crippen LogP contribution in [0.3, 0.4) is 0 Å². The summed E-state index contributed by atoms with van der Waals surface area (Å²) in [6, 6.07) is 2.75. The van der Waals surface area contributed by atoms with Crippen molar-refractivity contribution in [3.8, 4) is 11.4 Å². The van der Waals surface area contributed by atoms with Crippen LogP contribution in [0.1, 0.15) is 25.7 Å². The number of alkyl halides is 2. The number of rotatable bonds is 3. The van der Waals surface area contributed by atoms with Crippen LogP contribution in [0.5, 0.6) is 5.75 Å². The molecule has 10 nitrogen and oxygen atoms in total. The number of nitrogens with two attached hydrogens (primary N) is 1. The Kier molecular flexibility index (Phi) is 6.06. The largest absolute Gasteiger partial charge is 0.434 e. The normalized spacial score (nSPS) is 23.4. The van der Waals surface area contributed by atoms with Crippen molar-refractivity contribution in [3.63, 3.8) is 0 Å². The molecule has 1 fully saturated rings. The zero-order valence-corrected chi connectivity index (χ0v) is 19.6. The van der Waals surface area contributed by atoms with E-state index in [4.69, 9.17) is 38.4 Å². The van der Waals surface area contributed by atoms with Crippen molar-refractivity contribution >= 4 is 34.9 Å². The summed E-state index contributed by atoms with van der Waals surface area (Å²) in [6.45, 7) is 0.389. The van der Waals surface area contributed by atoms with Gasteiger partial charge in [0.25, 0.3) is 5.56 Å². The van der Waals surface area contributed by atoms with Gasteiger partial charge in [-0.15, -0.1) is 10.2 Å². The Bertz CT molecular complexity index is 1340. The number of halogens is 4. The van der Waals surface area contributed by atoms with Crippen LogP contribution in [0, 0.1) is 11.8 Å². The minimum atomic E-state index is -2.61. The van der Waals surface area contributed by atoms with E-state index >= 15 is 0 Å². The van der Waals surface area contributed by atoms with E-state index in [1.54, 1.807) is 0 Å². The average Bonchev–Trinajstić information content (AvgIpc) is 3.15. The maximum Gasteiger partial charge on any atom is 0.349 e. The molecule has 186 valence electrons. The summed E-state index contributed by atoms with van der Waals surface area (Å²) < 4.78 is 39.5. The van der Waals surface area contributed by atoms with Crippen molar-refractivity contribution in [1.29, 1.82) is 0 Å². The van der Waals surface area contributed by atoms with E-state index in [9.17, 15) is 18.4 Å². The number of nitrogens with one attached hydrogen (secondary N) is 2. The lowest BCUT2D eigenvalue weighted by atomic mass is 9.70. The molecule has 0 bridgehead atoms. The molecule has 0 spiro atoms. The zero-order chi connectivity index (χ0) is 24.9. The number of hydrazone groups is 1. The first-order chi connectivity index (χ1) is 16.6. The average molecular weight is 529 g/mol. The molecule has 0 radical (unpaired) electrons. The van der Waals surface area contributed by atoms with Crippen molar-refractivity contribution in [3.05, 3.63) is 54.2 Å². The fourth-order valence-corrected chi connectivity index (χ4v) is 5.27. The molecule has 4 N–H and O–H groups in total. The number of aromatic amines is 1. The first kappa shape index (κ1) is 23.8. The molecule has 0 saturated heterocycles. The second-order valence-electron chi connectivity index (χ2n) is 8.64. The number of aromatic nitrogens is 3. The maximum atomic E-state index is 13.5. The highest BCUT2D eigenvalue weighted by Crippen LogP contribution is 2.52. The van der Waals surface area contributed by atoms with Gasteiger partial charge in [0, 0.05) is 18.4 Å². The summed E-state index contributed by atoms with van der Waals surface area (Å²) in [7, 11) is 0. The van der Waals surface area contributed by atoms with E-state index in [0.717, 1.165) is 15.8 Å². The third kappa shape index (κ3) is 4.53. The van der Waals surface area contributed by atoms with E-state index in [-0.39, 0.29) is 65.4 Å². The van der Waals surface area contributed by atoms with E-state index in [0.29, 0.717) is 12.8 Å². The lowest BCUT2D eigenvalue weighted by Gasteiger charge is -2.40. The Labute approximate surface area is 206 Å². The first-order valence-electron chi connectivity index (χ1n) is 10.8. The SMILES string of the molecule is Nc1nn(-c2cc(Cl)c(O/C3=N/NCOCC4=C3CC[C@@H]4C3CC(F)(F)C3)c(Cl)c2)c(=O)[nH]c1=O. The van der Waals surface area contributed by atoms with E-state index in [1.165, 1.54) is 12.1 Å². The lowest BCUT2D eigenvalue weighted by Crippen LogP contribution is -2.40. The lowest BCUT2D eigenvalue weighted by molar-refractivity contribution is -0.122. The minimum absolute atomic E-state index is 0.0338. The monoisotopic (exact) mass is 528 g/mol. The van der Waals surface area contributed by atoms with Crippen molar-refractivity contribution in [2.45, 2.75) is 31.6 Å². The predicted molar refractivity (Wildman–Crippen MR) is 124 cm³/mol. The number of H-pyrrole nitrogens is 1. The quantitative estimate of drug-likeness (QED) is 0.556. The summed E-state index contributed by atoms with van der Waals surface area (Å²) in [6.07, 6.45) is 0.999. The highest BCUT2D eigenvalue weighted by molar-refractivity contribution is 6.37. The number of ether oxygens (including phenoxy) is 2. The Balaban J connectivity index is 1.46. The molecular weight excluding hydrogens is 509 g/mol. The smallest absolute Gasteiger partial charge is 0.349 e. The first-order valence-corrected chi connectivity index (χ1v) is 11.5. The van der Waals surface area contributed by atoms with Crippen LogP contribution >= 0.6 is 23.2 Å². The molecule has 3 aliphatic rings. The van der Waals surface area contributed by atoms with E-state index < -0.39 is 23.0 Å². The zero-order valence-electron chi connectivity index (χ0n) is 18.1. The number of hydrogen-bond donors (Lipinski definition) is 3. The Morgan fingerprint density at radius 1 is 1.23 bits per heavy atom. The molecule has 5 rings (SSSR count). The van der Waals surface area contributed by atoms with Gasteiger partial charge in [-0.2, -0.15) is 4.68 Å². The molecule has 1 aromatic carbocycles. The summed E-state index contributed by atoms with van der Waals surface area (Å²) in [4.78, 5) is 25.7. The fourth-order valence-electron chi connectivity index (χ4n) is 4.72. The fraction of sp³-hybridized carbons (Fsp3) is 0.429. The molecule has 35 heavy (non-hydrogen) atoms. The van der Waals surface area contributed by atoms with Crippen LogP contribution in [-0.2, 0) is 4.74 Å². The summed E-state index contributed by atoms with van der Waals surface area (Å²) >= 11 is 12.9. The molecule has 0 amide bonds. The van der Waals surface area contributed by atoms with E-state index in [2.05, 4.69) is 15.6 Å². The summed E-state index contributed by atoms with van der Waals surface area (Å²) in [5, 5.41) is 8.10. The molecule has 2 aliphatic carbocycles. The van der Waals surface area contributed by atoms with Gasteiger partial charge < -0.3 is 15.2 Å². The Morgan fingerprint density at radius 3 is 2.63 bits per heavy atom. The predicted octanol–water partition coefficient (Wildman–Crippen LogP) is 2.83. The molecule has 1 aliphatic heterocycles. The molecular formula is C21H20Cl2F2N6O4. The van der Waals surface area contributed by atoms with Crippen molar-refractivity contribution in [2.75, 3.05) is 19.1 Å². The van der Waals surface area contributed by atoms with Crippen molar-refractivity contribution in [1.82, 2.24) is 20.2 Å². The standard InChI is InChI=1S/C21H20Cl2F2N6O4/c22-14-3-10(31-20(33)28-18(32)17(26)30-31)4-15(23)16(14)35-19-12-2-1-11(9-5-21(24,25)6-9)13(12)7-34-8-27-29-19/h3-4,9,11,27H,1-2,5-8H2,(H2,26,30)(H,28,32,33)/b29-19+/t11-/m1/s1. The third-order valence-corrected chi connectivity index (χ3v) is 6.94. The van der Waals surface area contributed by atoms with Gasteiger partial charge in [-0.25, -0.2) is 13.6 Å². The van der Waals surface area contributed by atoms with Crippen LogP contribution < -0.4 is 27.1 Å². The highest BCUT2D eigenvalue weighted by Gasteiger charge is 2.50. The van der Waals surface area contributed by atoms with Gasteiger partial charge in [-0.1, -0.05) is 23.2 Å². The van der Waals surface area contributed by atoms with Crippen LogP contribution in [0.25, 0.3) is 5.69 Å². The minimum Gasteiger partial charge on any atom is -0.434 e. The van der Waals surface area contributed by atoms with Gasteiger partial charge in [-0.05, 0) is 42.4 Å². The number of nitrogen functional groups attached to an aromatic ring is 1. The molecule has 1 saturated carbocycles. The van der Waals surface area contributed by atoms with Gasteiger partial charge in [0.15, 0.2) is 5.75 Å². The van der Waals surface area contributed by atoms with Gasteiger partial charge in [0.2, 0.25) is 17.6 Å². The van der Waals surface area contributed by atoms with Gasteiger partial charge in [-0.3, -0.25) is 15.2 Å². The highest BCUT2D eigenvalue weighted by atomic mass is 35.5. The molecule has 2 aromatic rings. The summed E-state index contributed by atoms with van der Waals surface area (Å²) in [5.74, 6) is -2.87. The molecule has 0 unspecified atom stereocenters. The van der Waals surface area contributed by atoms with Crippen LogP contribution in [0.15, 0.2) is 38.0 Å². The van der Waals surface area contributed by atoms with Crippen LogP contribution in [0.4, 0.5) is 14.6 Å². The molecule has 1 atom stereocenters. The maximum absolute atomic E-state index is 13.5. The van der Waals surface area contributed by atoms with Gasteiger partial charge in [0.1, 0.15) is 6.73 Å². The number of anilines is 1. The molecule has 2 heterocycles. The number of hydrogen-bond acceptors (Lipinski definition) is 8. The Morgan fingerprint density at radius 2 is 1.94 bits per heavy atom. The number of nitrogens with zero attached hydrogens (tertiary/aromatic N) is 3. The second kappa shape index (κ2) is 8.92. The third-order valence-electron chi connectivity index (χ3n) is 6.37.